The molecule has 0 heterocycles. The fourth-order valence-electron chi connectivity index (χ4n) is 0.972. The molecule has 0 aromatic rings. The van der Waals surface area contributed by atoms with Crippen molar-refractivity contribution < 1.29 is 0 Å². The lowest BCUT2D eigenvalue weighted by atomic mass is 10.1. The molecular weight excluding hydrogens is 195 g/mol. The minimum atomic E-state index is -0.944. The molecule has 12 heavy (non-hydrogen) atoms. The van der Waals surface area contributed by atoms with Crippen molar-refractivity contribution in [2.45, 2.75) is 17.3 Å². The highest BCUT2D eigenvalue weighted by Crippen LogP contribution is 2.26. The fourth-order valence-corrected chi connectivity index (χ4v) is 1.31. The van der Waals surface area contributed by atoms with Gasteiger partial charge in [-0.1, -0.05) is 11.6 Å². The number of hydrogen-bond donors (Lipinski definition) is 2. The van der Waals surface area contributed by atoms with Crippen LogP contribution < -0.4 is 11.1 Å². The molecule has 1 rings (SSSR count). The molecule has 1 aliphatic rings. The predicted molar refractivity (Wildman–Crippen MR) is 53.3 cm³/mol. The monoisotopic (exact) mass is 206 g/mol. The van der Waals surface area contributed by atoms with Gasteiger partial charge in [-0.15, -0.1) is 11.6 Å². The van der Waals surface area contributed by atoms with Crippen LogP contribution in [0.5, 0.6) is 0 Å². The summed E-state index contributed by atoms with van der Waals surface area (Å²) < 4.78 is 0. The standard InChI is InChI=1S/C8H12Cl2N2/c1-2-12-6-3-4-8(10,11)7(9)5-6/h3-5,7,12H,2,11H2,1H3. The van der Waals surface area contributed by atoms with Crippen LogP contribution in [0.2, 0.25) is 0 Å². The summed E-state index contributed by atoms with van der Waals surface area (Å²) >= 11 is 11.8. The molecule has 0 aromatic carbocycles. The van der Waals surface area contributed by atoms with Crippen molar-refractivity contribution in [3.63, 3.8) is 0 Å². The maximum Gasteiger partial charge on any atom is 0.130 e. The van der Waals surface area contributed by atoms with Crippen LogP contribution in [0.25, 0.3) is 0 Å². The van der Waals surface area contributed by atoms with E-state index >= 15 is 0 Å². The van der Waals surface area contributed by atoms with Gasteiger partial charge in [0, 0.05) is 12.2 Å². The average Bonchev–Trinajstić information content (AvgIpc) is 1.98. The van der Waals surface area contributed by atoms with Crippen molar-refractivity contribution in [1.29, 1.82) is 0 Å². The normalized spacial score (nSPS) is 34.7. The summed E-state index contributed by atoms with van der Waals surface area (Å²) in [5.41, 5.74) is 6.63. The molecule has 4 heteroatoms. The molecule has 0 fully saturated rings. The third kappa shape index (κ3) is 2.16. The molecule has 0 radical (unpaired) electrons. The maximum atomic E-state index is 5.91. The molecule has 2 unspecified atom stereocenters. The molecule has 0 spiro atoms. The zero-order valence-electron chi connectivity index (χ0n) is 6.85. The van der Waals surface area contributed by atoms with Crippen molar-refractivity contribution in [2.24, 2.45) is 5.73 Å². The molecular formula is C8H12Cl2N2. The van der Waals surface area contributed by atoms with Crippen molar-refractivity contribution in [3.8, 4) is 0 Å². The number of likely N-dealkylation sites (N-methyl/N-ethyl adjacent to an activating group) is 1. The Morgan fingerprint density at radius 1 is 1.75 bits per heavy atom. The molecule has 68 valence electrons. The summed E-state index contributed by atoms with van der Waals surface area (Å²) in [5, 5.41) is 2.77. The van der Waals surface area contributed by atoms with Gasteiger partial charge in [-0.3, -0.25) is 0 Å². The Balaban J connectivity index is 2.69. The van der Waals surface area contributed by atoms with Gasteiger partial charge in [0.25, 0.3) is 0 Å². The van der Waals surface area contributed by atoms with Gasteiger partial charge in [-0.25, -0.2) is 0 Å². The Labute approximate surface area is 82.4 Å². The molecule has 2 nitrogen and oxygen atoms in total. The van der Waals surface area contributed by atoms with E-state index in [2.05, 4.69) is 5.32 Å². The number of nitrogens with two attached hydrogens (primary N) is 1. The lowest BCUT2D eigenvalue weighted by molar-refractivity contribution is 0.728. The minimum absolute atomic E-state index is 0.363. The van der Waals surface area contributed by atoms with Crippen LogP contribution in [0.1, 0.15) is 6.92 Å². The summed E-state index contributed by atoms with van der Waals surface area (Å²) in [6.45, 7) is 2.88. The first-order valence-electron chi connectivity index (χ1n) is 3.83. The van der Waals surface area contributed by atoms with Crippen LogP contribution >= 0.6 is 23.2 Å². The van der Waals surface area contributed by atoms with Crippen LogP contribution in [0, 0.1) is 0 Å². The Kier molecular flexibility index (Phi) is 3.04. The molecule has 0 saturated heterocycles. The topological polar surface area (TPSA) is 38.0 Å². The van der Waals surface area contributed by atoms with Gasteiger partial charge in [0.1, 0.15) is 5.00 Å². The highest BCUT2D eigenvalue weighted by Gasteiger charge is 2.29. The first-order valence-corrected chi connectivity index (χ1v) is 4.64. The summed E-state index contributed by atoms with van der Waals surface area (Å²) in [7, 11) is 0. The van der Waals surface area contributed by atoms with Crippen molar-refractivity contribution >= 4 is 23.2 Å². The summed E-state index contributed by atoms with van der Waals surface area (Å²) in [6, 6.07) is 0. The van der Waals surface area contributed by atoms with Crippen molar-refractivity contribution in [2.75, 3.05) is 6.54 Å². The van der Waals surface area contributed by atoms with E-state index in [1.54, 1.807) is 6.08 Å². The first kappa shape index (κ1) is 9.90. The van der Waals surface area contributed by atoms with Crippen molar-refractivity contribution in [1.82, 2.24) is 5.32 Å². The van der Waals surface area contributed by atoms with Crippen LogP contribution in [-0.2, 0) is 0 Å². The van der Waals surface area contributed by atoms with E-state index < -0.39 is 5.00 Å². The predicted octanol–water partition coefficient (Wildman–Crippen LogP) is 1.55. The van der Waals surface area contributed by atoms with Crippen LogP contribution in [0.3, 0.4) is 0 Å². The minimum Gasteiger partial charge on any atom is -0.386 e. The lowest BCUT2D eigenvalue weighted by Gasteiger charge is -2.25. The van der Waals surface area contributed by atoms with E-state index in [4.69, 9.17) is 28.9 Å². The van der Waals surface area contributed by atoms with Gasteiger partial charge in [0.05, 0.1) is 5.38 Å². The van der Waals surface area contributed by atoms with Crippen LogP contribution in [0.15, 0.2) is 23.9 Å². The molecule has 3 N–H and O–H groups in total. The van der Waals surface area contributed by atoms with Gasteiger partial charge in [-0.2, -0.15) is 0 Å². The highest BCUT2D eigenvalue weighted by atomic mass is 35.5. The number of halogens is 2. The highest BCUT2D eigenvalue weighted by molar-refractivity contribution is 6.34. The smallest absolute Gasteiger partial charge is 0.130 e. The average molecular weight is 207 g/mol. The number of rotatable bonds is 2. The molecule has 0 aliphatic heterocycles. The third-order valence-electron chi connectivity index (χ3n) is 1.65. The van der Waals surface area contributed by atoms with Crippen LogP contribution in [-0.4, -0.2) is 16.9 Å². The molecule has 0 saturated carbocycles. The molecule has 2 atom stereocenters. The Morgan fingerprint density at radius 2 is 2.42 bits per heavy atom. The van der Waals surface area contributed by atoms with E-state index in [1.807, 2.05) is 19.1 Å². The summed E-state index contributed by atoms with van der Waals surface area (Å²) in [4.78, 5) is -0.944. The van der Waals surface area contributed by atoms with Gasteiger partial charge in [-0.05, 0) is 25.2 Å². The molecule has 1 aliphatic carbocycles. The lowest BCUT2D eigenvalue weighted by Crippen LogP contribution is -2.41. The largest absolute Gasteiger partial charge is 0.386 e. The quantitative estimate of drug-likeness (QED) is 0.532. The fraction of sp³-hybridized carbons (Fsp3) is 0.500. The summed E-state index contributed by atoms with van der Waals surface area (Å²) in [5.74, 6) is 0. The molecule has 0 aromatic heterocycles. The number of alkyl halides is 2. The second-order valence-electron chi connectivity index (χ2n) is 2.71. The Bertz CT molecular complexity index is 221. The van der Waals surface area contributed by atoms with Gasteiger partial charge in [0.2, 0.25) is 0 Å². The Hall–Kier alpha value is -0.180. The van der Waals surface area contributed by atoms with E-state index in [-0.39, 0.29) is 5.38 Å². The second kappa shape index (κ2) is 3.69. The number of allylic oxidation sites excluding steroid dienone is 1. The zero-order valence-corrected chi connectivity index (χ0v) is 8.36. The maximum absolute atomic E-state index is 5.91. The van der Waals surface area contributed by atoms with E-state index in [9.17, 15) is 0 Å². The molecule has 0 bridgehead atoms. The zero-order chi connectivity index (χ0) is 9.19. The number of nitrogens with one attached hydrogen (secondary N) is 1. The SMILES string of the molecule is CCNC1=CC(Cl)C(N)(Cl)C=C1. The van der Waals surface area contributed by atoms with Gasteiger partial charge >= 0.3 is 0 Å². The first-order chi connectivity index (χ1) is 5.56. The van der Waals surface area contributed by atoms with Crippen molar-refractivity contribution in [3.05, 3.63) is 23.9 Å². The molecule has 0 amide bonds. The van der Waals surface area contributed by atoms with E-state index in [1.165, 1.54) is 0 Å². The van der Waals surface area contributed by atoms with Gasteiger partial charge in [0.15, 0.2) is 0 Å². The Morgan fingerprint density at radius 3 is 2.92 bits per heavy atom. The van der Waals surface area contributed by atoms with E-state index in [0.717, 1.165) is 12.2 Å². The summed E-state index contributed by atoms with van der Waals surface area (Å²) in [6.07, 6.45) is 5.36. The van der Waals surface area contributed by atoms with Gasteiger partial charge < -0.3 is 11.1 Å². The van der Waals surface area contributed by atoms with E-state index in [0.29, 0.717) is 0 Å². The third-order valence-corrected chi connectivity index (χ3v) is 2.61. The number of hydrogen-bond acceptors (Lipinski definition) is 2. The second-order valence-corrected chi connectivity index (χ2v) is 3.84. The van der Waals surface area contributed by atoms with Crippen LogP contribution in [0.4, 0.5) is 0 Å².